The number of carbonyl (C=O) groups excluding carboxylic acids is 1. The van der Waals surface area contributed by atoms with Gasteiger partial charge >= 0.3 is 6.03 Å². The predicted molar refractivity (Wildman–Crippen MR) is 109 cm³/mol. The zero-order valence-corrected chi connectivity index (χ0v) is 16.2. The average Bonchev–Trinajstić information content (AvgIpc) is 2.65. The number of piperazine rings is 1. The van der Waals surface area contributed by atoms with Gasteiger partial charge in [-0.1, -0.05) is 44.2 Å². The summed E-state index contributed by atoms with van der Waals surface area (Å²) in [4.78, 5) is 17.0. The van der Waals surface area contributed by atoms with E-state index in [9.17, 15) is 4.79 Å². The maximum atomic E-state index is 12.6. The molecule has 138 valence electrons. The summed E-state index contributed by atoms with van der Waals surface area (Å²) in [6.45, 7) is 11.7. The van der Waals surface area contributed by atoms with Crippen molar-refractivity contribution in [3.05, 3.63) is 59.2 Å². The molecule has 4 heteroatoms. The number of rotatable bonds is 3. The third-order valence-corrected chi connectivity index (χ3v) is 5.10. The highest BCUT2D eigenvalue weighted by atomic mass is 16.2. The Bertz CT molecular complexity index is 777. The number of nitrogens with one attached hydrogen (secondary N) is 1. The van der Waals surface area contributed by atoms with E-state index in [4.69, 9.17) is 0 Å². The standard InChI is InChI=1S/C22H29N3O/c1-16(2)19-7-5-6-8-21(19)24-11-13-25(14-12-24)22(26)23-20-15-17(3)9-10-18(20)4/h5-10,15-16H,11-14H2,1-4H3,(H,23,26). The molecular formula is C22H29N3O. The Morgan fingerprint density at radius 2 is 1.69 bits per heavy atom. The van der Waals surface area contributed by atoms with Crippen LogP contribution in [0.25, 0.3) is 0 Å². The van der Waals surface area contributed by atoms with Crippen LogP contribution >= 0.6 is 0 Å². The molecule has 0 atom stereocenters. The minimum Gasteiger partial charge on any atom is -0.368 e. The van der Waals surface area contributed by atoms with Crippen molar-refractivity contribution in [2.24, 2.45) is 0 Å². The number of para-hydroxylation sites is 1. The van der Waals surface area contributed by atoms with E-state index in [1.165, 1.54) is 11.3 Å². The van der Waals surface area contributed by atoms with Crippen molar-refractivity contribution in [2.75, 3.05) is 36.4 Å². The van der Waals surface area contributed by atoms with Crippen LogP contribution < -0.4 is 10.2 Å². The first kappa shape index (κ1) is 18.3. The van der Waals surface area contributed by atoms with E-state index in [-0.39, 0.29) is 6.03 Å². The second kappa shape index (κ2) is 7.81. The van der Waals surface area contributed by atoms with E-state index in [1.807, 2.05) is 30.9 Å². The van der Waals surface area contributed by atoms with Crippen molar-refractivity contribution >= 4 is 17.4 Å². The van der Waals surface area contributed by atoms with E-state index < -0.39 is 0 Å². The van der Waals surface area contributed by atoms with Crippen molar-refractivity contribution in [3.8, 4) is 0 Å². The van der Waals surface area contributed by atoms with Crippen molar-refractivity contribution < 1.29 is 4.79 Å². The molecule has 2 aromatic carbocycles. The summed E-state index contributed by atoms with van der Waals surface area (Å²) in [5.41, 5.74) is 5.83. The number of urea groups is 1. The van der Waals surface area contributed by atoms with E-state index in [1.54, 1.807) is 0 Å². The Morgan fingerprint density at radius 1 is 1.00 bits per heavy atom. The summed E-state index contributed by atoms with van der Waals surface area (Å²) >= 11 is 0. The molecule has 0 aromatic heterocycles. The van der Waals surface area contributed by atoms with Gasteiger partial charge in [0, 0.05) is 37.6 Å². The first-order chi connectivity index (χ1) is 12.5. The van der Waals surface area contributed by atoms with Crippen LogP contribution in [0.3, 0.4) is 0 Å². The molecule has 0 spiro atoms. The predicted octanol–water partition coefficient (Wildman–Crippen LogP) is 4.78. The maximum Gasteiger partial charge on any atom is 0.321 e. The number of carbonyl (C=O) groups is 1. The van der Waals surface area contributed by atoms with Crippen LogP contribution in [0.15, 0.2) is 42.5 Å². The molecule has 0 saturated carbocycles. The van der Waals surface area contributed by atoms with Gasteiger partial charge in [0.2, 0.25) is 0 Å². The van der Waals surface area contributed by atoms with Crippen molar-refractivity contribution in [1.29, 1.82) is 0 Å². The van der Waals surface area contributed by atoms with E-state index in [2.05, 4.69) is 54.4 Å². The molecule has 1 aliphatic heterocycles. The van der Waals surface area contributed by atoms with Crippen LogP contribution in [0, 0.1) is 13.8 Å². The highest BCUT2D eigenvalue weighted by Crippen LogP contribution is 2.28. The molecule has 0 unspecified atom stereocenters. The van der Waals surface area contributed by atoms with Gasteiger partial charge in [0.1, 0.15) is 0 Å². The minimum absolute atomic E-state index is 0.00417. The van der Waals surface area contributed by atoms with Gasteiger partial charge in [-0.3, -0.25) is 0 Å². The van der Waals surface area contributed by atoms with Gasteiger partial charge in [-0.15, -0.1) is 0 Å². The molecule has 1 heterocycles. The normalized spacial score (nSPS) is 14.7. The molecule has 2 amide bonds. The molecule has 1 fully saturated rings. The highest BCUT2D eigenvalue weighted by molar-refractivity contribution is 5.90. The summed E-state index contributed by atoms with van der Waals surface area (Å²) < 4.78 is 0. The molecule has 0 aliphatic carbocycles. The lowest BCUT2D eigenvalue weighted by Crippen LogP contribution is -2.50. The van der Waals surface area contributed by atoms with E-state index >= 15 is 0 Å². The topological polar surface area (TPSA) is 35.6 Å². The molecule has 3 rings (SSSR count). The molecule has 1 aliphatic rings. The van der Waals surface area contributed by atoms with Crippen LogP contribution in [0.5, 0.6) is 0 Å². The fourth-order valence-corrected chi connectivity index (χ4v) is 3.48. The number of anilines is 2. The van der Waals surface area contributed by atoms with Crippen LogP contribution in [-0.4, -0.2) is 37.1 Å². The number of nitrogens with zero attached hydrogens (tertiary/aromatic N) is 2. The minimum atomic E-state index is -0.00417. The average molecular weight is 351 g/mol. The van der Waals surface area contributed by atoms with Gasteiger partial charge in [-0.05, 0) is 48.6 Å². The van der Waals surface area contributed by atoms with Crippen LogP contribution in [-0.2, 0) is 0 Å². The smallest absolute Gasteiger partial charge is 0.321 e. The zero-order chi connectivity index (χ0) is 18.7. The van der Waals surface area contributed by atoms with E-state index in [0.29, 0.717) is 5.92 Å². The summed E-state index contributed by atoms with van der Waals surface area (Å²) in [6.07, 6.45) is 0. The van der Waals surface area contributed by atoms with Gasteiger partial charge in [0.15, 0.2) is 0 Å². The summed E-state index contributed by atoms with van der Waals surface area (Å²) in [5, 5.41) is 3.07. The number of hydrogen-bond acceptors (Lipinski definition) is 2. The Morgan fingerprint density at radius 3 is 2.38 bits per heavy atom. The zero-order valence-electron chi connectivity index (χ0n) is 16.2. The SMILES string of the molecule is Cc1ccc(C)c(NC(=O)N2CCN(c3ccccc3C(C)C)CC2)c1. The monoisotopic (exact) mass is 351 g/mol. The van der Waals surface area contributed by atoms with Gasteiger partial charge in [-0.2, -0.15) is 0 Å². The first-order valence-electron chi connectivity index (χ1n) is 9.43. The molecular weight excluding hydrogens is 322 g/mol. The number of hydrogen-bond donors (Lipinski definition) is 1. The van der Waals surface area contributed by atoms with E-state index in [0.717, 1.165) is 43.0 Å². The van der Waals surface area contributed by atoms with Crippen molar-refractivity contribution in [1.82, 2.24) is 4.90 Å². The first-order valence-corrected chi connectivity index (χ1v) is 9.43. The highest BCUT2D eigenvalue weighted by Gasteiger charge is 2.23. The second-order valence-electron chi connectivity index (χ2n) is 7.44. The lowest BCUT2D eigenvalue weighted by molar-refractivity contribution is 0.208. The largest absolute Gasteiger partial charge is 0.368 e. The lowest BCUT2D eigenvalue weighted by atomic mass is 10.00. The third-order valence-electron chi connectivity index (χ3n) is 5.10. The molecule has 0 radical (unpaired) electrons. The summed E-state index contributed by atoms with van der Waals surface area (Å²) in [7, 11) is 0. The molecule has 26 heavy (non-hydrogen) atoms. The fraction of sp³-hybridized carbons (Fsp3) is 0.409. The van der Waals surface area contributed by atoms with Crippen LogP contribution in [0.1, 0.15) is 36.5 Å². The number of benzene rings is 2. The second-order valence-corrected chi connectivity index (χ2v) is 7.44. The third kappa shape index (κ3) is 4.01. The molecule has 1 saturated heterocycles. The van der Waals surface area contributed by atoms with Gasteiger partial charge < -0.3 is 15.1 Å². The number of aryl methyl sites for hydroxylation is 2. The van der Waals surface area contributed by atoms with Crippen LogP contribution in [0.4, 0.5) is 16.2 Å². The Kier molecular flexibility index (Phi) is 5.50. The van der Waals surface area contributed by atoms with Gasteiger partial charge in [0.05, 0.1) is 0 Å². The molecule has 2 aromatic rings. The summed E-state index contributed by atoms with van der Waals surface area (Å²) in [5.74, 6) is 0.497. The van der Waals surface area contributed by atoms with Gasteiger partial charge in [0.25, 0.3) is 0 Å². The van der Waals surface area contributed by atoms with Crippen molar-refractivity contribution in [2.45, 2.75) is 33.6 Å². The maximum absolute atomic E-state index is 12.6. The van der Waals surface area contributed by atoms with Crippen molar-refractivity contribution in [3.63, 3.8) is 0 Å². The quantitative estimate of drug-likeness (QED) is 0.864. The lowest BCUT2D eigenvalue weighted by Gasteiger charge is -2.37. The molecule has 4 nitrogen and oxygen atoms in total. The Labute approximate surface area is 156 Å². The number of amides is 2. The van der Waals surface area contributed by atoms with Gasteiger partial charge in [-0.25, -0.2) is 4.79 Å². The fourth-order valence-electron chi connectivity index (χ4n) is 3.48. The summed E-state index contributed by atoms with van der Waals surface area (Å²) in [6, 6.07) is 14.7. The molecule has 0 bridgehead atoms. The van der Waals surface area contributed by atoms with Crippen LogP contribution in [0.2, 0.25) is 0 Å². The molecule has 1 N–H and O–H groups in total. The Hall–Kier alpha value is -2.49. The Balaban J connectivity index is 1.63.